The first kappa shape index (κ1) is 17.1. The highest BCUT2D eigenvalue weighted by atomic mass is 35.5. The SMILES string of the molecule is CC(Oc1ccc(OC2=Cc3ccc(Cl)cc3CN2O)cc1)C(=O)O. The van der Waals surface area contributed by atoms with Crippen LogP contribution in [0.4, 0.5) is 0 Å². The predicted octanol–water partition coefficient (Wildman–Crippen LogP) is 3.77. The number of hydrogen-bond donors (Lipinski definition) is 2. The van der Waals surface area contributed by atoms with Crippen molar-refractivity contribution in [3.05, 3.63) is 64.5 Å². The minimum absolute atomic E-state index is 0.263. The number of ether oxygens (including phenoxy) is 2. The maximum Gasteiger partial charge on any atom is 0.344 e. The average molecular weight is 362 g/mol. The molecule has 0 radical (unpaired) electrons. The van der Waals surface area contributed by atoms with Gasteiger partial charge in [0.05, 0.1) is 6.54 Å². The molecular weight excluding hydrogens is 346 g/mol. The van der Waals surface area contributed by atoms with Crippen molar-refractivity contribution in [1.82, 2.24) is 5.06 Å². The Balaban J connectivity index is 1.73. The van der Waals surface area contributed by atoms with Crippen LogP contribution in [0.5, 0.6) is 11.5 Å². The summed E-state index contributed by atoms with van der Waals surface area (Å²) >= 11 is 5.96. The molecule has 2 N–H and O–H groups in total. The molecule has 130 valence electrons. The van der Waals surface area contributed by atoms with Gasteiger partial charge in [-0.05, 0) is 54.4 Å². The van der Waals surface area contributed by atoms with Gasteiger partial charge in [0.2, 0.25) is 5.88 Å². The van der Waals surface area contributed by atoms with E-state index in [4.69, 9.17) is 26.2 Å². The fourth-order valence-electron chi connectivity index (χ4n) is 2.34. The number of nitrogens with zero attached hydrogens (tertiary/aromatic N) is 1. The Bertz CT molecular complexity index is 819. The predicted molar refractivity (Wildman–Crippen MR) is 91.6 cm³/mol. The number of fused-ring (bicyclic) bond motifs is 1. The largest absolute Gasteiger partial charge is 0.479 e. The van der Waals surface area contributed by atoms with E-state index in [2.05, 4.69) is 0 Å². The molecule has 25 heavy (non-hydrogen) atoms. The fraction of sp³-hybridized carbons (Fsp3) is 0.167. The van der Waals surface area contributed by atoms with Gasteiger partial charge in [-0.1, -0.05) is 17.7 Å². The Kier molecular flexibility index (Phi) is 4.83. The molecule has 0 bridgehead atoms. The summed E-state index contributed by atoms with van der Waals surface area (Å²) in [6, 6.07) is 11.9. The van der Waals surface area contributed by atoms with E-state index in [1.165, 1.54) is 6.92 Å². The minimum atomic E-state index is -1.04. The van der Waals surface area contributed by atoms with Crippen LogP contribution >= 0.6 is 11.6 Å². The highest BCUT2D eigenvalue weighted by molar-refractivity contribution is 6.30. The van der Waals surface area contributed by atoms with Crippen LogP contribution in [0, 0.1) is 0 Å². The first-order chi connectivity index (χ1) is 11.9. The number of benzene rings is 2. The topological polar surface area (TPSA) is 79.2 Å². The highest BCUT2D eigenvalue weighted by Crippen LogP contribution is 2.28. The smallest absolute Gasteiger partial charge is 0.344 e. The molecule has 0 aromatic heterocycles. The van der Waals surface area contributed by atoms with E-state index in [0.717, 1.165) is 16.2 Å². The number of hydroxylamine groups is 2. The average Bonchev–Trinajstić information content (AvgIpc) is 2.57. The van der Waals surface area contributed by atoms with Crippen LogP contribution < -0.4 is 9.47 Å². The van der Waals surface area contributed by atoms with Crippen molar-refractivity contribution in [2.24, 2.45) is 0 Å². The number of carbonyl (C=O) groups is 1. The van der Waals surface area contributed by atoms with Gasteiger partial charge in [0.15, 0.2) is 6.10 Å². The second kappa shape index (κ2) is 7.04. The number of halogens is 1. The third kappa shape index (κ3) is 4.04. The van der Waals surface area contributed by atoms with Crippen molar-refractivity contribution in [3.63, 3.8) is 0 Å². The standard InChI is InChI=1S/C18H16ClNO5/c1-11(18(21)22)24-15-4-6-16(7-5-15)25-17-9-12-2-3-14(19)8-13(12)10-20(17)23/h2-9,11,23H,10H2,1H3,(H,21,22). The van der Waals surface area contributed by atoms with E-state index in [1.807, 2.05) is 6.07 Å². The lowest BCUT2D eigenvalue weighted by molar-refractivity contribution is -0.144. The zero-order valence-corrected chi connectivity index (χ0v) is 14.1. The van der Waals surface area contributed by atoms with E-state index in [9.17, 15) is 10.0 Å². The molecule has 0 saturated carbocycles. The van der Waals surface area contributed by atoms with Crippen LogP contribution in [0.25, 0.3) is 6.08 Å². The lowest BCUT2D eigenvalue weighted by Gasteiger charge is -2.25. The molecule has 1 heterocycles. The van der Waals surface area contributed by atoms with Crippen LogP contribution in [0.1, 0.15) is 18.1 Å². The molecule has 7 heteroatoms. The fourth-order valence-corrected chi connectivity index (χ4v) is 2.54. The van der Waals surface area contributed by atoms with Crippen molar-refractivity contribution in [2.75, 3.05) is 0 Å². The molecule has 0 saturated heterocycles. The maximum atomic E-state index is 10.8. The molecule has 0 aliphatic carbocycles. The number of carboxylic acids is 1. The highest BCUT2D eigenvalue weighted by Gasteiger charge is 2.19. The lowest BCUT2D eigenvalue weighted by Crippen LogP contribution is -2.25. The summed E-state index contributed by atoms with van der Waals surface area (Å²) in [6.45, 7) is 1.71. The van der Waals surface area contributed by atoms with Gasteiger partial charge in [0, 0.05) is 11.1 Å². The molecule has 0 fully saturated rings. The third-order valence-electron chi connectivity index (χ3n) is 3.67. The second-order valence-corrected chi connectivity index (χ2v) is 5.99. The van der Waals surface area contributed by atoms with Crippen molar-refractivity contribution < 1.29 is 24.6 Å². The van der Waals surface area contributed by atoms with Gasteiger partial charge in [-0.15, -0.1) is 0 Å². The summed E-state index contributed by atoms with van der Waals surface area (Å²) < 4.78 is 11.0. The normalized spacial score (nSPS) is 14.4. The number of carboxylic acid groups (broad SMARTS) is 1. The zero-order chi connectivity index (χ0) is 18.0. The summed E-state index contributed by atoms with van der Waals surface area (Å²) in [5.41, 5.74) is 1.81. The lowest BCUT2D eigenvalue weighted by atomic mass is 10.0. The first-order valence-corrected chi connectivity index (χ1v) is 7.94. The number of rotatable bonds is 5. The Hall–Kier alpha value is -2.70. The molecule has 2 aromatic carbocycles. The Morgan fingerprint density at radius 2 is 1.88 bits per heavy atom. The van der Waals surface area contributed by atoms with E-state index in [1.54, 1.807) is 42.5 Å². The number of aliphatic carboxylic acids is 1. The number of hydrogen-bond acceptors (Lipinski definition) is 5. The van der Waals surface area contributed by atoms with Gasteiger partial charge >= 0.3 is 5.97 Å². The first-order valence-electron chi connectivity index (χ1n) is 7.56. The molecule has 0 amide bonds. The molecule has 2 aromatic rings. The summed E-state index contributed by atoms with van der Waals surface area (Å²) in [6.07, 6.45) is 0.774. The molecule has 1 aliphatic rings. The van der Waals surface area contributed by atoms with Gasteiger partial charge in [-0.2, -0.15) is 0 Å². The quantitative estimate of drug-likeness (QED) is 0.843. The summed E-state index contributed by atoms with van der Waals surface area (Å²) in [7, 11) is 0. The maximum absolute atomic E-state index is 10.8. The van der Waals surface area contributed by atoms with Crippen molar-refractivity contribution in [1.29, 1.82) is 0 Å². The molecule has 3 rings (SSSR count). The van der Waals surface area contributed by atoms with Gasteiger partial charge < -0.3 is 14.6 Å². The molecule has 6 nitrogen and oxygen atoms in total. The molecular formula is C18H16ClNO5. The Morgan fingerprint density at radius 1 is 1.20 bits per heavy atom. The van der Waals surface area contributed by atoms with Crippen molar-refractivity contribution in [3.8, 4) is 11.5 Å². The van der Waals surface area contributed by atoms with Crippen LogP contribution in [-0.2, 0) is 11.3 Å². The molecule has 1 aliphatic heterocycles. The van der Waals surface area contributed by atoms with Crippen LogP contribution in [0.3, 0.4) is 0 Å². The van der Waals surface area contributed by atoms with Crippen LogP contribution in [-0.4, -0.2) is 27.5 Å². The van der Waals surface area contributed by atoms with Crippen molar-refractivity contribution >= 4 is 23.6 Å². The zero-order valence-electron chi connectivity index (χ0n) is 13.3. The van der Waals surface area contributed by atoms with Gasteiger partial charge in [-0.25, -0.2) is 9.86 Å². The Labute approximate surface area is 149 Å². The van der Waals surface area contributed by atoms with E-state index >= 15 is 0 Å². The summed E-state index contributed by atoms with van der Waals surface area (Å²) in [4.78, 5) is 10.8. The van der Waals surface area contributed by atoms with Gasteiger partial charge in [0.1, 0.15) is 11.5 Å². The van der Waals surface area contributed by atoms with Gasteiger partial charge in [0.25, 0.3) is 0 Å². The minimum Gasteiger partial charge on any atom is -0.479 e. The Morgan fingerprint density at radius 3 is 2.56 bits per heavy atom. The van der Waals surface area contributed by atoms with E-state index < -0.39 is 12.1 Å². The monoisotopic (exact) mass is 361 g/mol. The van der Waals surface area contributed by atoms with E-state index in [0.29, 0.717) is 16.5 Å². The second-order valence-electron chi connectivity index (χ2n) is 5.56. The molecule has 1 atom stereocenters. The summed E-state index contributed by atoms with van der Waals surface area (Å²) in [5, 5.41) is 20.6. The summed E-state index contributed by atoms with van der Waals surface area (Å²) in [5.74, 6) is 0.142. The third-order valence-corrected chi connectivity index (χ3v) is 3.90. The van der Waals surface area contributed by atoms with E-state index in [-0.39, 0.29) is 12.4 Å². The van der Waals surface area contributed by atoms with Crippen molar-refractivity contribution in [2.45, 2.75) is 19.6 Å². The molecule has 1 unspecified atom stereocenters. The molecule has 0 spiro atoms. The van der Waals surface area contributed by atoms with Gasteiger partial charge in [-0.3, -0.25) is 5.21 Å². The van der Waals surface area contributed by atoms with Crippen LogP contribution in [0.2, 0.25) is 5.02 Å². The van der Waals surface area contributed by atoms with Crippen LogP contribution in [0.15, 0.2) is 48.3 Å².